The van der Waals surface area contributed by atoms with Gasteiger partial charge in [0.25, 0.3) is 0 Å². The topological polar surface area (TPSA) is 127 Å². The van der Waals surface area contributed by atoms with Crippen LogP contribution in [-0.4, -0.2) is 46.8 Å². The summed E-state index contributed by atoms with van der Waals surface area (Å²) in [5, 5.41) is 18.1. The van der Waals surface area contributed by atoms with E-state index in [4.69, 9.17) is 19.7 Å². The molecule has 1 unspecified atom stereocenters. The van der Waals surface area contributed by atoms with E-state index in [0.29, 0.717) is 24.8 Å². The molecule has 1 rings (SSSR count). The highest BCUT2D eigenvalue weighted by Crippen LogP contribution is 2.15. The quantitative estimate of drug-likeness (QED) is 0.361. The molecule has 0 saturated heterocycles. The van der Waals surface area contributed by atoms with Crippen molar-refractivity contribution in [2.75, 3.05) is 6.61 Å². The van der Waals surface area contributed by atoms with Crippen LogP contribution < -0.4 is 0 Å². The minimum atomic E-state index is -1.43. The third kappa shape index (κ3) is 6.58. The lowest BCUT2D eigenvalue weighted by Gasteiger charge is -2.16. The third-order valence-corrected chi connectivity index (χ3v) is 3.70. The van der Waals surface area contributed by atoms with Crippen LogP contribution in [0.15, 0.2) is 30.4 Å². The molecule has 0 aliphatic heterocycles. The van der Waals surface area contributed by atoms with E-state index >= 15 is 0 Å². The summed E-state index contributed by atoms with van der Waals surface area (Å²) in [5.74, 6) is -4.07. The van der Waals surface area contributed by atoms with Gasteiger partial charge in [0.15, 0.2) is 0 Å². The summed E-state index contributed by atoms with van der Waals surface area (Å²) >= 11 is 0. The number of carbonyl (C=O) groups is 4. The van der Waals surface area contributed by atoms with Crippen molar-refractivity contribution in [3.8, 4) is 0 Å². The Bertz CT molecular complexity index is 750. The Morgan fingerprint density at radius 3 is 2.30 bits per heavy atom. The van der Waals surface area contributed by atoms with Gasteiger partial charge in [-0.25, -0.2) is 19.2 Å². The maximum absolute atomic E-state index is 12.1. The molecule has 146 valence electrons. The van der Waals surface area contributed by atoms with Crippen molar-refractivity contribution >= 4 is 23.9 Å². The predicted octanol–water partition coefficient (Wildman–Crippen LogP) is 2.92. The summed E-state index contributed by atoms with van der Waals surface area (Å²) in [6, 6.07) is 3.15. The Hall–Kier alpha value is -3.16. The lowest BCUT2D eigenvalue weighted by atomic mass is 10.0. The fraction of sp³-hybridized carbons (Fsp3) is 0.368. The SMILES string of the molecule is C=C(C)C(=O)OC(CC)CCCOC(=O)c1ccc(C(=O)O)cc1C(=O)O. The molecule has 0 amide bonds. The standard InChI is InChI=1S/C19H22O8/c1-4-13(27-18(24)11(2)3)6-5-9-26-19(25)14-8-7-12(16(20)21)10-15(14)17(22)23/h7-8,10,13H,2,4-6,9H2,1,3H3,(H,20,21)(H,22,23). The van der Waals surface area contributed by atoms with Crippen LogP contribution >= 0.6 is 0 Å². The van der Waals surface area contributed by atoms with Crippen molar-refractivity contribution in [1.29, 1.82) is 0 Å². The van der Waals surface area contributed by atoms with Gasteiger partial charge in [-0.15, -0.1) is 0 Å². The minimum absolute atomic E-state index is 0.000301. The highest BCUT2D eigenvalue weighted by molar-refractivity contribution is 6.04. The zero-order valence-corrected chi connectivity index (χ0v) is 15.2. The van der Waals surface area contributed by atoms with Crippen molar-refractivity contribution in [2.24, 2.45) is 0 Å². The normalized spacial score (nSPS) is 11.3. The summed E-state index contributed by atoms with van der Waals surface area (Å²) in [5.41, 5.74) is -0.616. The van der Waals surface area contributed by atoms with Gasteiger partial charge in [-0.1, -0.05) is 13.5 Å². The Labute approximate surface area is 156 Å². The molecule has 8 nitrogen and oxygen atoms in total. The molecule has 0 bridgehead atoms. The fourth-order valence-corrected chi connectivity index (χ4v) is 2.18. The van der Waals surface area contributed by atoms with Crippen LogP contribution in [0.5, 0.6) is 0 Å². The second kappa shape index (κ2) is 10.1. The summed E-state index contributed by atoms with van der Waals surface area (Å²) in [6.45, 7) is 6.91. The van der Waals surface area contributed by atoms with Gasteiger partial charge in [-0.05, 0) is 44.4 Å². The number of hydrogen-bond acceptors (Lipinski definition) is 6. The van der Waals surface area contributed by atoms with Crippen LogP contribution in [0.25, 0.3) is 0 Å². The molecule has 0 fully saturated rings. The van der Waals surface area contributed by atoms with Gasteiger partial charge >= 0.3 is 23.9 Å². The monoisotopic (exact) mass is 378 g/mol. The van der Waals surface area contributed by atoms with E-state index in [0.717, 1.165) is 18.2 Å². The van der Waals surface area contributed by atoms with E-state index in [9.17, 15) is 19.2 Å². The van der Waals surface area contributed by atoms with Gasteiger partial charge in [-0.3, -0.25) is 0 Å². The lowest BCUT2D eigenvalue weighted by Crippen LogP contribution is -2.19. The molecule has 27 heavy (non-hydrogen) atoms. The van der Waals surface area contributed by atoms with Gasteiger partial charge < -0.3 is 19.7 Å². The number of ether oxygens (including phenoxy) is 2. The van der Waals surface area contributed by atoms with Crippen LogP contribution in [-0.2, 0) is 14.3 Å². The largest absolute Gasteiger partial charge is 0.478 e. The Balaban J connectivity index is 2.64. The molecule has 1 aromatic rings. The maximum atomic E-state index is 12.1. The van der Waals surface area contributed by atoms with Gasteiger partial charge in [-0.2, -0.15) is 0 Å². The van der Waals surface area contributed by atoms with Crippen molar-refractivity contribution in [3.63, 3.8) is 0 Å². The van der Waals surface area contributed by atoms with Crippen LogP contribution in [0.3, 0.4) is 0 Å². The molecule has 0 radical (unpaired) electrons. The van der Waals surface area contributed by atoms with Gasteiger partial charge in [0.1, 0.15) is 6.10 Å². The molecule has 2 N–H and O–H groups in total. The first-order valence-electron chi connectivity index (χ1n) is 8.31. The molecule has 1 atom stereocenters. The molecule has 0 saturated carbocycles. The number of esters is 2. The van der Waals surface area contributed by atoms with Gasteiger partial charge in [0.05, 0.1) is 23.3 Å². The van der Waals surface area contributed by atoms with E-state index in [2.05, 4.69) is 6.58 Å². The van der Waals surface area contributed by atoms with Crippen LogP contribution in [0.2, 0.25) is 0 Å². The van der Waals surface area contributed by atoms with Crippen molar-refractivity contribution in [1.82, 2.24) is 0 Å². The first-order chi connectivity index (χ1) is 12.7. The number of benzene rings is 1. The van der Waals surface area contributed by atoms with Gasteiger partial charge in [0.2, 0.25) is 0 Å². The third-order valence-electron chi connectivity index (χ3n) is 3.70. The van der Waals surface area contributed by atoms with E-state index < -0.39 is 29.4 Å². The Morgan fingerprint density at radius 2 is 1.78 bits per heavy atom. The van der Waals surface area contributed by atoms with E-state index in [-0.39, 0.29) is 23.8 Å². The van der Waals surface area contributed by atoms with Crippen molar-refractivity contribution in [3.05, 3.63) is 47.0 Å². The van der Waals surface area contributed by atoms with Crippen LogP contribution in [0, 0.1) is 0 Å². The minimum Gasteiger partial charge on any atom is -0.478 e. The van der Waals surface area contributed by atoms with Crippen LogP contribution in [0.4, 0.5) is 0 Å². The number of hydrogen-bond donors (Lipinski definition) is 2. The zero-order valence-electron chi connectivity index (χ0n) is 15.2. The van der Waals surface area contributed by atoms with Crippen LogP contribution in [0.1, 0.15) is 64.2 Å². The highest BCUT2D eigenvalue weighted by atomic mass is 16.5. The number of carboxylic acid groups (broad SMARTS) is 2. The Morgan fingerprint density at radius 1 is 1.11 bits per heavy atom. The molecular formula is C19H22O8. The summed E-state index contributed by atoms with van der Waals surface area (Å²) in [4.78, 5) is 45.8. The molecule has 1 aromatic carbocycles. The highest BCUT2D eigenvalue weighted by Gasteiger charge is 2.20. The number of carbonyl (C=O) groups excluding carboxylic acids is 2. The Kier molecular flexibility index (Phi) is 8.19. The molecule has 0 aliphatic rings. The molecule has 0 heterocycles. The lowest BCUT2D eigenvalue weighted by molar-refractivity contribution is -0.144. The van der Waals surface area contributed by atoms with Gasteiger partial charge in [0, 0.05) is 5.57 Å². The molecular weight excluding hydrogens is 356 g/mol. The molecule has 0 aliphatic carbocycles. The summed E-state index contributed by atoms with van der Waals surface area (Å²) in [6.07, 6.45) is 1.13. The fourth-order valence-electron chi connectivity index (χ4n) is 2.18. The molecule has 0 spiro atoms. The zero-order chi connectivity index (χ0) is 20.6. The molecule has 8 heteroatoms. The van der Waals surface area contributed by atoms with Crippen molar-refractivity contribution < 1.29 is 38.9 Å². The van der Waals surface area contributed by atoms with E-state index in [1.54, 1.807) is 6.92 Å². The smallest absolute Gasteiger partial charge is 0.339 e. The van der Waals surface area contributed by atoms with E-state index in [1.807, 2.05) is 6.92 Å². The summed E-state index contributed by atoms with van der Waals surface area (Å²) in [7, 11) is 0. The number of carboxylic acids is 2. The second-order valence-corrected chi connectivity index (χ2v) is 5.86. The van der Waals surface area contributed by atoms with Crippen molar-refractivity contribution in [2.45, 2.75) is 39.2 Å². The first-order valence-corrected chi connectivity index (χ1v) is 8.31. The summed E-state index contributed by atoms with van der Waals surface area (Å²) < 4.78 is 10.3. The average molecular weight is 378 g/mol. The van der Waals surface area contributed by atoms with E-state index in [1.165, 1.54) is 0 Å². The average Bonchev–Trinajstić information content (AvgIpc) is 2.62. The molecule has 0 aromatic heterocycles. The number of rotatable bonds is 10. The maximum Gasteiger partial charge on any atom is 0.339 e. The second-order valence-electron chi connectivity index (χ2n) is 5.86. The number of aromatic carboxylic acids is 2. The first kappa shape index (κ1) is 21.9. The predicted molar refractivity (Wildman–Crippen MR) is 94.9 cm³/mol.